The Bertz CT molecular complexity index is 231. The number of amides is 1. The first-order valence-electron chi connectivity index (χ1n) is 6.80. The molecule has 0 aromatic heterocycles. The van der Waals surface area contributed by atoms with Crippen LogP contribution in [0.15, 0.2) is 0 Å². The van der Waals surface area contributed by atoms with Crippen LogP contribution in [0.1, 0.15) is 52.4 Å². The van der Waals surface area contributed by atoms with E-state index in [-0.39, 0.29) is 24.1 Å². The number of hydrogen-bond donors (Lipinski definition) is 3. The molecule has 1 rings (SSSR count). The zero-order chi connectivity index (χ0) is 12.7. The van der Waals surface area contributed by atoms with Gasteiger partial charge in [0.2, 0.25) is 5.91 Å². The van der Waals surface area contributed by atoms with E-state index in [1.165, 1.54) is 12.8 Å². The predicted octanol–water partition coefficient (Wildman–Crippen LogP) is 1.18. The average molecular weight is 242 g/mol. The van der Waals surface area contributed by atoms with Gasteiger partial charge < -0.3 is 15.7 Å². The average Bonchev–Trinajstić information content (AvgIpc) is 2.43. The standard InChI is InChI=1S/C13H26N2O2/c1-10(2)15-13(17)8-9-14-11-6-4-3-5-7-12(11)16/h10-12,14,16H,3-9H2,1-2H3,(H,15,17). The van der Waals surface area contributed by atoms with E-state index in [0.29, 0.717) is 13.0 Å². The van der Waals surface area contributed by atoms with Crippen molar-refractivity contribution in [2.24, 2.45) is 0 Å². The number of carbonyl (C=O) groups is 1. The molecule has 4 nitrogen and oxygen atoms in total. The number of hydrogen-bond acceptors (Lipinski definition) is 3. The van der Waals surface area contributed by atoms with Crippen LogP contribution < -0.4 is 10.6 Å². The summed E-state index contributed by atoms with van der Waals surface area (Å²) in [6.07, 6.45) is 5.65. The zero-order valence-electron chi connectivity index (χ0n) is 11.0. The first kappa shape index (κ1) is 14.5. The maximum atomic E-state index is 11.4. The topological polar surface area (TPSA) is 61.4 Å². The molecule has 2 unspecified atom stereocenters. The summed E-state index contributed by atoms with van der Waals surface area (Å²) in [5, 5.41) is 16.1. The third-order valence-corrected chi connectivity index (χ3v) is 3.19. The minimum Gasteiger partial charge on any atom is -0.392 e. The molecule has 2 atom stereocenters. The summed E-state index contributed by atoms with van der Waals surface area (Å²) < 4.78 is 0. The molecule has 1 amide bonds. The van der Waals surface area contributed by atoms with E-state index in [0.717, 1.165) is 19.3 Å². The highest BCUT2D eigenvalue weighted by Gasteiger charge is 2.20. The number of aliphatic hydroxyl groups is 1. The molecule has 0 aromatic carbocycles. The lowest BCUT2D eigenvalue weighted by Crippen LogP contribution is -2.41. The minimum atomic E-state index is -0.245. The number of rotatable bonds is 5. The third kappa shape index (κ3) is 6.03. The molecule has 0 saturated heterocycles. The van der Waals surface area contributed by atoms with E-state index in [1.807, 2.05) is 13.8 Å². The first-order valence-corrected chi connectivity index (χ1v) is 6.80. The van der Waals surface area contributed by atoms with Crippen molar-refractivity contribution >= 4 is 5.91 Å². The normalized spacial score (nSPS) is 25.6. The Balaban J connectivity index is 2.18. The van der Waals surface area contributed by atoms with Gasteiger partial charge in [0.05, 0.1) is 6.10 Å². The fourth-order valence-electron chi connectivity index (χ4n) is 2.29. The Morgan fingerprint density at radius 3 is 2.71 bits per heavy atom. The van der Waals surface area contributed by atoms with Gasteiger partial charge in [0.1, 0.15) is 0 Å². The summed E-state index contributed by atoms with van der Waals surface area (Å²) >= 11 is 0. The van der Waals surface area contributed by atoms with Gasteiger partial charge in [-0.3, -0.25) is 4.79 Å². The Labute approximate surface area is 104 Å². The van der Waals surface area contributed by atoms with Crippen LogP contribution in [-0.2, 0) is 4.79 Å². The van der Waals surface area contributed by atoms with Crippen LogP contribution in [-0.4, -0.2) is 35.7 Å². The van der Waals surface area contributed by atoms with Gasteiger partial charge in [0.25, 0.3) is 0 Å². The molecule has 0 spiro atoms. The summed E-state index contributed by atoms with van der Waals surface area (Å²) in [7, 11) is 0. The molecule has 0 aromatic rings. The van der Waals surface area contributed by atoms with Crippen LogP contribution in [0.4, 0.5) is 0 Å². The predicted molar refractivity (Wildman–Crippen MR) is 68.8 cm³/mol. The molecule has 100 valence electrons. The van der Waals surface area contributed by atoms with Gasteiger partial charge in [-0.15, -0.1) is 0 Å². The molecule has 0 aliphatic heterocycles. The van der Waals surface area contributed by atoms with Crippen LogP contribution >= 0.6 is 0 Å². The highest BCUT2D eigenvalue weighted by molar-refractivity contribution is 5.76. The molecule has 0 bridgehead atoms. The Kier molecular flexibility index (Phi) is 6.52. The van der Waals surface area contributed by atoms with E-state index in [4.69, 9.17) is 0 Å². The highest BCUT2D eigenvalue weighted by atomic mass is 16.3. The molecule has 4 heteroatoms. The van der Waals surface area contributed by atoms with Gasteiger partial charge in [-0.2, -0.15) is 0 Å². The SMILES string of the molecule is CC(C)NC(=O)CCNC1CCCCCC1O. The van der Waals surface area contributed by atoms with Crippen LogP contribution in [0.5, 0.6) is 0 Å². The molecular weight excluding hydrogens is 216 g/mol. The quantitative estimate of drug-likeness (QED) is 0.635. The van der Waals surface area contributed by atoms with E-state index in [1.54, 1.807) is 0 Å². The van der Waals surface area contributed by atoms with Crippen LogP contribution in [0.25, 0.3) is 0 Å². The molecule has 3 N–H and O–H groups in total. The Morgan fingerprint density at radius 1 is 1.29 bits per heavy atom. The van der Waals surface area contributed by atoms with Gasteiger partial charge in [-0.25, -0.2) is 0 Å². The lowest BCUT2D eigenvalue weighted by Gasteiger charge is -2.21. The summed E-state index contributed by atoms with van der Waals surface area (Å²) in [5.41, 5.74) is 0. The Hall–Kier alpha value is -0.610. The van der Waals surface area contributed by atoms with Crippen molar-refractivity contribution in [1.82, 2.24) is 10.6 Å². The maximum Gasteiger partial charge on any atom is 0.221 e. The number of carbonyl (C=O) groups excluding carboxylic acids is 1. The van der Waals surface area contributed by atoms with Crippen LogP contribution in [0, 0.1) is 0 Å². The molecule has 1 aliphatic rings. The van der Waals surface area contributed by atoms with Crippen molar-refractivity contribution in [2.75, 3.05) is 6.54 Å². The van der Waals surface area contributed by atoms with Gasteiger partial charge in [0, 0.05) is 25.0 Å². The molecular formula is C13H26N2O2. The Morgan fingerprint density at radius 2 is 2.00 bits per heavy atom. The van der Waals surface area contributed by atoms with Crippen molar-refractivity contribution < 1.29 is 9.90 Å². The van der Waals surface area contributed by atoms with Gasteiger partial charge >= 0.3 is 0 Å². The van der Waals surface area contributed by atoms with Crippen LogP contribution in [0.2, 0.25) is 0 Å². The number of nitrogens with one attached hydrogen (secondary N) is 2. The smallest absolute Gasteiger partial charge is 0.221 e. The fourth-order valence-corrected chi connectivity index (χ4v) is 2.29. The number of aliphatic hydroxyl groups excluding tert-OH is 1. The van der Waals surface area contributed by atoms with Crippen molar-refractivity contribution in [3.63, 3.8) is 0 Å². The maximum absolute atomic E-state index is 11.4. The van der Waals surface area contributed by atoms with E-state index < -0.39 is 0 Å². The molecule has 1 fully saturated rings. The lowest BCUT2D eigenvalue weighted by molar-refractivity contribution is -0.121. The van der Waals surface area contributed by atoms with Crippen molar-refractivity contribution in [1.29, 1.82) is 0 Å². The summed E-state index contributed by atoms with van der Waals surface area (Å²) in [4.78, 5) is 11.4. The fraction of sp³-hybridized carbons (Fsp3) is 0.923. The zero-order valence-corrected chi connectivity index (χ0v) is 11.0. The van der Waals surface area contributed by atoms with Gasteiger partial charge in [-0.05, 0) is 26.7 Å². The largest absolute Gasteiger partial charge is 0.392 e. The second-order valence-corrected chi connectivity index (χ2v) is 5.24. The minimum absolute atomic E-state index is 0.0793. The third-order valence-electron chi connectivity index (χ3n) is 3.19. The molecule has 0 radical (unpaired) electrons. The van der Waals surface area contributed by atoms with E-state index >= 15 is 0 Å². The molecule has 17 heavy (non-hydrogen) atoms. The highest BCUT2D eigenvalue weighted by Crippen LogP contribution is 2.17. The van der Waals surface area contributed by atoms with Crippen LogP contribution in [0.3, 0.4) is 0 Å². The van der Waals surface area contributed by atoms with E-state index in [2.05, 4.69) is 10.6 Å². The second-order valence-electron chi connectivity index (χ2n) is 5.24. The van der Waals surface area contributed by atoms with Crippen molar-refractivity contribution in [3.8, 4) is 0 Å². The molecule has 0 heterocycles. The lowest BCUT2D eigenvalue weighted by atomic mass is 10.1. The molecule has 1 aliphatic carbocycles. The monoisotopic (exact) mass is 242 g/mol. The summed E-state index contributed by atoms with van der Waals surface area (Å²) in [6.45, 7) is 4.57. The second kappa shape index (κ2) is 7.67. The van der Waals surface area contributed by atoms with Crippen molar-refractivity contribution in [2.45, 2.75) is 70.6 Å². The van der Waals surface area contributed by atoms with E-state index in [9.17, 15) is 9.90 Å². The van der Waals surface area contributed by atoms with Gasteiger partial charge in [-0.1, -0.05) is 19.3 Å². The summed E-state index contributed by atoms with van der Waals surface area (Å²) in [5.74, 6) is 0.0793. The summed E-state index contributed by atoms with van der Waals surface area (Å²) in [6, 6.07) is 0.371. The van der Waals surface area contributed by atoms with Crippen molar-refractivity contribution in [3.05, 3.63) is 0 Å². The van der Waals surface area contributed by atoms with Gasteiger partial charge in [0.15, 0.2) is 0 Å². The molecule has 1 saturated carbocycles. The first-order chi connectivity index (χ1) is 8.09.